The van der Waals surface area contributed by atoms with Gasteiger partial charge >= 0.3 is 7.82 Å². The Morgan fingerprint density at radius 3 is 1.10 bits per heavy atom. The van der Waals surface area contributed by atoms with Crippen LogP contribution in [0.15, 0.2) is 24.3 Å². The number of unbranched alkanes of at least 4 members (excludes halogenated alkanes) is 42. The Labute approximate surface area is 436 Å². The highest BCUT2D eigenvalue weighted by Gasteiger charge is 2.27. The minimum absolute atomic E-state index is 0.0641. The first-order chi connectivity index (χ1) is 34.0. The number of quaternary nitrogens is 1. The van der Waals surface area contributed by atoms with Gasteiger partial charge in [-0.15, -0.1) is 0 Å². The van der Waals surface area contributed by atoms with Crippen LogP contribution in [0.1, 0.15) is 309 Å². The van der Waals surface area contributed by atoms with E-state index in [-0.39, 0.29) is 19.1 Å². The zero-order chi connectivity index (χ0) is 51.3. The number of aliphatic hydroxyl groups excluding tert-OH is 1. The standard InChI is InChI=1S/C61H121N2O6P/c1-6-8-10-12-14-16-18-20-22-24-25-26-27-28-29-30-31-32-33-34-35-36-37-39-41-43-45-47-49-51-53-55-61(65)62-59(58-69-70(66,67)68-57-56-63(3,4)5)60(64)54-52-50-48-46-44-42-40-38-23-21-19-17-15-13-11-9-7-2/h24-25,52,54,59-60,64H,6-23,26-51,53,55-58H2,1-5H3,(H-,62,65,66,67)/p+1/b25-24-,54-52+. The number of rotatable bonds is 57. The lowest BCUT2D eigenvalue weighted by Crippen LogP contribution is -2.45. The number of amides is 1. The molecule has 1 amide bonds. The first-order valence-electron chi connectivity index (χ1n) is 30.7. The second-order valence-corrected chi connectivity index (χ2v) is 23.9. The molecular formula is C61H122N2O6P+. The average molecular weight is 1010 g/mol. The van der Waals surface area contributed by atoms with E-state index in [1.807, 2.05) is 27.2 Å². The second kappa shape index (κ2) is 52.8. The van der Waals surface area contributed by atoms with Crippen molar-refractivity contribution < 1.29 is 32.9 Å². The van der Waals surface area contributed by atoms with Crippen molar-refractivity contribution in [3.63, 3.8) is 0 Å². The predicted octanol–water partition coefficient (Wildman–Crippen LogP) is 18.8. The summed E-state index contributed by atoms with van der Waals surface area (Å²) in [5, 5.41) is 13.9. The van der Waals surface area contributed by atoms with E-state index in [0.29, 0.717) is 17.4 Å². The number of carbonyl (C=O) groups excluding carboxylic acids is 1. The van der Waals surface area contributed by atoms with Crippen molar-refractivity contribution in [2.45, 2.75) is 321 Å². The van der Waals surface area contributed by atoms with Gasteiger partial charge in [0.15, 0.2) is 0 Å². The maximum Gasteiger partial charge on any atom is 0.472 e. The summed E-state index contributed by atoms with van der Waals surface area (Å²) in [5.74, 6) is -0.171. The lowest BCUT2D eigenvalue weighted by molar-refractivity contribution is -0.870. The zero-order valence-corrected chi connectivity index (χ0v) is 48.4. The number of aliphatic hydroxyl groups is 1. The Morgan fingerprint density at radius 2 is 0.771 bits per heavy atom. The molecule has 0 saturated heterocycles. The number of nitrogens with one attached hydrogen (secondary N) is 1. The highest BCUT2D eigenvalue weighted by molar-refractivity contribution is 7.47. The number of hydrogen-bond donors (Lipinski definition) is 3. The molecule has 0 fully saturated rings. The van der Waals surface area contributed by atoms with E-state index >= 15 is 0 Å². The maximum absolute atomic E-state index is 13.0. The molecule has 0 aromatic carbocycles. The van der Waals surface area contributed by atoms with Crippen LogP contribution >= 0.6 is 7.82 Å². The highest BCUT2D eigenvalue weighted by Crippen LogP contribution is 2.43. The number of phosphoric acid groups is 1. The van der Waals surface area contributed by atoms with Crippen LogP contribution in [-0.2, 0) is 18.4 Å². The number of nitrogens with zero attached hydrogens (tertiary/aromatic N) is 1. The molecule has 0 aliphatic rings. The van der Waals surface area contributed by atoms with Crippen LogP contribution in [0.5, 0.6) is 0 Å². The van der Waals surface area contributed by atoms with Crippen LogP contribution in [0.4, 0.5) is 0 Å². The van der Waals surface area contributed by atoms with Gasteiger partial charge in [-0.3, -0.25) is 13.8 Å². The summed E-state index contributed by atoms with van der Waals surface area (Å²) in [7, 11) is 1.59. The van der Waals surface area contributed by atoms with Crippen molar-refractivity contribution in [1.82, 2.24) is 5.32 Å². The smallest absolute Gasteiger partial charge is 0.387 e. The van der Waals surface area contributed by atoms with E-state index in [1.54, 1.807) is 6.08 Å². The first kappa shape index (κ1) is 69.0. The summed E-state index contributed by atoms with van der Waals surface area (Å²) in [6, 6.07) is -0.843. The number of phosphoric ester groups is 1. The number of hydrogen-bond acceptors (Lipinski definition) is 5. The number of allylic oxidation sites excluding steroid dienone is 3. The van der Waals surface area contributed by atoms with E-state index < -0.39 is 20.0 Å². The molecule has 70 heavy (non-hydrogen) atoms. The topological polar surface area (TPSA) is 105 Å². The van der Waals surface area contributed by atoms with E-state index in [2.05, 4.69) is 31.3 Å². The molecule has 3 N–H and O–H groups in total. The molecule has 416 valence electrons. The molecule has 9 heteroatoms. The lowest BCUT2D eigenvalue weighted by Gasteiger charge is -2.25. The Balaban J connectivity index is 4.05. The quantitative estimate of drug-likeness (QED) is 0.0243. The van der Waals surface area contributed by atoms with E-state index in [1.165, 1.54) is 257 Å². The molecule has 0 aliphatic heterocycles. The fourth-order valence-corrected chi connectivity index (χ4v) is 10.1. The lowest BCUT2D eigenvalue weighted by atomic mass is 10.0. The third-order valence-corrected chi connectivity index (χ3v) is 15.1. The van der Waals surface area contributed by atoms with Gasteiger partial charge in [0.1, 0.15) is 13.2 Å². The SMILES string of the molecule is CCCCCCCCCC/C=C\CCCCCCCCCCCCCCCCCCCCCC(=O)NC(COP(=O)(O)OCC[N+](C)(C)C)C(O)/C=C/CCCCCCCCCCCCCCCCC. The second-order valence-electron chi connectivity index (χ2n) is 22.4. The van der Waals surface area contributed by atoms with E-state index in [4.69, 9.17) is 9.05 Å². The first-order valence-corrected chi connectivity index (χ1v) is 32.2. The van der Waals surface area contributed by atoms with Crippen LogP contribution < -0.4 is 5.32 Å². The van der Waals surface area contributed by atoms with Crippen molar-refractivity contribution in [1.29, 1.82) is 0 Å². The van der Waals surface area contributed by atoms with Crippen LogP contribution in [0, 0.1) is 0 Å². The van der Waals surface area contributed by atoms with Crippen molar-refractivity contribution in [3.05, 3.63) is 24.3 Å². The molecule has 0 aromatic heterocycles. The van der Waals surface area contributed by atoms with Crippen LogP contribution in [-0.4, -0.2) is 73.4 Å². The van der Waals surface area contributed by atoms with E-state index in [0.717, 1.165) is 32.1 Å². The molecule has 0 saturated carbocycles. The van der Waals surface area contributed by atoms with Crippen molar-refractivity contribution in [2.24, 2.45) is 0 Å². The molecular weight excluding hydrogens is 888 g/mol. The van der Waals surface area contributed by atoms with Gasteiger partial charge in [0.2, 0.25) is 5.91 Å². The monoisotopic (exact) mass is 1010 g/mol. The summed E-state index contributed by atoms with van der Waals surface area (Å²) in [5.41, 5.74) is 0. The molecule has 0 radical (unpaired) electrons. The number of carbonyl (C=O) groups is 1. The van der Waals surface area contributed by atoms with Gasteiger partial charge in [0.05, 0.1) is 39.9 Å². The molecule has 8 nitrogen and oxygen atoms in total. The molecule has 0 aromatic rings. The predicted molar refractivity (Wildman–Crippen MR) is 305 cm³/mol. The van der Waals surface area contributed by atoms with Gasteiger partial charge in [-0.1, -0.05) is 282 Å². The molecule has 3 atom stereocenters. The molecule has 0 aliphatic carbocycles. The summed E-state index contributed by atoms with van der Waals surface area (Å²) >= 11 is 0. The third-order valence-electron chi connectivity index (χ3n) is 14.2. The number of likely N-dealkylation sites (N-methyl/N-ethyl adjacent to an activating group) is 1. The largest absolute Gasteiger partial charge is 0.472 e. The van der Waals surface area contributed by atoms with Crippen molar-refractivity contribution in [3.8, 4) is 0 Å². The van der Waals surface area contributed by atoms with Gasteiger partial charge in [-0.2, -0.15) is 0 Å². The fraction of sp³-hybridized carbons (Fsp3) is 0.918. The Morgan fingerprint density at radius 1 is 0.471 bits per heavy atom. The Kier molecular flexibility index (Phi) is 52.1. The highest BCUT2D eigenvalue weighted by atomic mass is 31.2. The summed E-state index contributed by atoms with van der Waals surface area (Å²) in [6.45, 7) is 4.86. The molecule has 0 rings (SSSR count). The summed E-state index contributed by atoms with van der Waals surface area (Å²) in [4.78, 5) is 23.3. The van der Waals surface area contributed by atoms with E-state index in [9.17, 15) is 19.4 Å². The van der Waals surface area contributed by atoms with Crippen LogP contribution in [0.3, 0.4) is 0 Å². The van der Waals surface area contributed by atoms with Crippen molar-refractivity contribution in [2.75, 3.05) is 40.9 Å². The van der Waals surface area contributed by atoms with Gasteiger partial charge in [-0.25, -0.2) is 4.57 Å². The van der Waals surface area contributed by atoms with Gasteiger partial charge in [0, 0.05) is 6.42 Å². The molecule has 0 spiro atoms. The van der Waals surface area contributed by atoms with Gasteiger partial charge in [-0.05, 0) is 44.9 Å². The van der Waals surface area contributed by atoms with Crippen molar-refractivity contribution >= 4 is 13.7 Å². The van der Waals surface area contributed by atoms with Gasteiger partial charge in [0.25, 0.3) is 0 Å². The minimum atomic E-state index is -4.34. The summed E-state index contributed by atoms with van der Waals surface area (Å²) in [6.07, 6.45) is 67.2. The minimum Gasteiger partial charge on any atom is -0.387 e. The Hall–Kier alpha value is -1.02. The maximum atomic E-state index is 13.0. The molecule has 0 bridgehead atoms. The normalized spacial score (nSPS) is 14.0. The fourth-order valence-electron chi connectivity index (χ4n) is 9.33. The van der Waals surface area contributed by atoms with Crippen LogP contribution in [0.2, 0.25) is 0 Å². The van der Waals surface area contributed by atoms with Crippen LogP contribution in [0.25, 0.3) is 0 Å². The average Bonchev–Trinajstić information content (AvgIpc) is 3.32. The third kappa shape index (κ3) is 54.7. The molecule has 3 unspecified atom stereocenters. The zero-order valence-electron chi connectivity index (χ0n) is 47.5. The molecule has 0 heterocycles. The summed E-state index contributed by atoms with van der Waals surface area (Å²) < 4.78 is 23.7. The Bertz CT molecular complexity index is 1190. The van der Waals surface area contributed by atoms with Gasteiger partial charge < -0.3 is 19.8 Å².